The second-order valence-corrected chi connectivity index (χ2v) is 3.93. The molecule has 0 radical (unpaired) electrons. The largest absolute Gasteiger partial charge is 0.481 e. The minimum Gasteiger partial charge on any atom is -0.481 e. The Morgan fingerprint density at radius 3 is 2.87 bits per heavy atom. The topological polar surface area (TPSA) is 69.6 Å². The standard InChI is InChI=1S/C10H18N2O3/c1-3-12-6-7(2)11-8(10(12)15)4-5-9(13)14/h7-8,11H,3-6H2,1-2H3,(H,13,14). The van der Waals surface area contributed by atoms with E-state index in [0.29, 0.717) is 19.5 Å². The molecule has 1 rings (SSSR count). The Balaban J connectivity index is 2.54. The van der Waals surface area contributed by atoms with Gasteiger partial charge >= 0.3 is 5.97 Å². The van der Waals surface area contributed by atoms with Gasteiger partial charge in [0.25, 0.3) is 0 Å². The Morgan fingerprint density at radius 1 is 1.67 bits per heavy atom. The van der Waals surface area contributed by atoms with Gasteiger partial charge < -0.3 is 15.3 Å². The van der Waals surface area contributed by atoms with E-state index in [1.807, 2.05) is 13.8 Å². The van der Waals surface area contributed by atoms with Crippen molar-refractivity contribution < 1.29 is 14.7 Å². The second kappa shape index (κ2) is 5.11. The lowest BCUT2D eigenvalue weighted by molar-refractivity contribution is -0.139. The van der Waals surface area contributed by atoms with Crippen LogP contribution in [0.25, 0.3) is 0 Å². The minimum absolute atomic E-state index is 0.0249. The number of piperazine rings is 1. The van der Waals surface area contributed by atoms with Crippen LogP contribution in [0.5, 0.6) is 0 Å². The lowest BCUT2D eigenvalue weighted by Gasteiger charge is -2.36. The first-order chi connectivity index (χ1) is 7.04. The molecular formula is C10H18N2O3. The number of hydrogen-bond donors (Lipinski definition) is 2. The van der Waals surface area contributed by atoms with Gasteiger partial charge in [-0.25, -0.2) is 0 Å². The fourth-order valence-electron chi connectivity index (χ4n) is 1.87. The van der Waals surface area contributed by atoms with Crippen LogP contribution in [0, 0.1) is 0 Å². The summed E-state index contributed by atoms with van der Waals surface area (Å²) in [6, 6.07) is -0.0914. The average molecular weight is 214 g/mol. The molecule has 5 nitrogen and oxygen atoms in total. The predicted molar refractivity (Wildman–Crippen MR) is 55.5 cm³/mol. The van der Waals surface area contributed by atoms with Gasteiger partial charge in [0, 0.05) is 25.6 Å². The molecule has 0 saturated carbocycles. The van der Waals surface area contributed by atoms with E-state index in [2.05, 4.69) is 5.32 Å². The molecule has 1 aliphatic rings. The highest BCUT2D eigenvalue weighted by molar-refractivity contribution is 5.83. The normalized spacial score (nSPS) is 26.8. The zero-order chi connectivity index (χ0) is 11.4. The molecule has 0 spiro atoms. The zero-order valence-corrected chi connectivity index (χ0v) is 9.19. The van der Waals surface area contributed by atoms with Gasteiger partial charge in [-0.05, 0) is 20.3 Å². The molecule has 1 amide bonds. The number of likely N-dealkylation sites (N-methyl/N-ethyl adjacent to an activating group) is 1. The summed E-state index contributed by atoms with van der Waals surface area (Å²) in [5, 5.41) is 11.7. The molecule has 5 heteroatoms. The summed E-state index contributed by atoms with van der Waals surface area (Å²) < 4.78 is 0. The third-order valence-electron chi connectivity index (χ3n) is 2.62. The molecule has 15 heavy (non-hydrogen) atoms. The van der Waals surface area contributed by atoms with Crippen LogP contribution in [0.4, 0.5) is 0 Å². The van der Waals surface area contributed by atoms with Crippen LogP contribution in [0.3, 0.4) is 0 Å². The van der Waals surface area contributed by atoms with Gasteiger partial charge in [0.15, 0.2) is 0 Å². The Kier molecular flexibility index (Phi) is 4.08. The number of carbonyl (C=O) groups is 2. The fourth-order valence-corrected chi connectivity index (χ4v) is 1.87. The van der Waals surface area contributed by atoms with Gasteiger partial charge in [0.2, 0.25) is 5.91 Å². The van der Waals surface area contributed by atoms with Crippen molar-refractivity contribution >= 4 is 11.9 Å². The van der Waals surface area contributed by atoms with Crippen molar-refractivity contribution in [2.45, 2.75) is 38.8 Å². The number of rotatable bonds is 4. The Morgan fingerprint density at radius 2 is 2.33 bits per heavy atom. The Labute approximate surface area is 89.4 Å². The van der Waals surface area contributed by atoms with E-state index in [-0.39, 0.29) is 24.4 Å². The summed E-state index contributed by atoms with van der Waals surface area (Å²) in [5.74, 6) is -0.831. The first-order valence-corrected chi connectivity index (χ1v) is 5.31. The number of nitrogens with one attached hydrogen (secondary N) is 1. The number of carbonyl (C=O) groups excluding carboxylic acids is 1. The van der Waals surface area contributed by atoms with Crippen molar-refractivity contribution in [2.24, 2.45) is 0 Å². The van der Waals surface area contributed by atoms with Crippen LogP contribution in [0.15, 0.2) is 0 Å². The van der Waals surface area contributed by atoms with Crippen LogP contribution in [0.2, 0.25) is 0 Å². The van der Waals surface area contributed by atoms with E-state index in [1.165, 1.54) is 0 Å². The molecule has 0 aromatic carbocycles. The van der Waals surface area contributed by atoms with Gasteiger partial charge in [-0.15, -0.1) is 0 Å². The van der Waals surface area contributed by atoms with Crippen molar-refractivity contribution in [1.82, 2.24) is 10.2 Å². The monoisotopic (exact) mass is 214 g/mol. The number of carboxylic acid groups (broad SMARTS) is 1. The molecule has 0 aromatic heterocycles. The second-order valence-electron chi connectivity index (χ2n) is 3.93. The third-order valence-corrected chi connectivity index (χ3v) is 2.62. The van der Waals surface area contributed by atoms with Gasteiger partial charge in [0.05, 0.1) is 6.04 Å². The number of hydrogen-bond acceptors (Lipinski definition) is 3. The summed E-state index contributed by atoms with van der Waals surface area (Å²) in [6.07, 6.45) is 0.405. The molecule has 2 N–H and O–H groups in total. The molecule has 0 aromatic rings. The SMILES string of the molecule is CCN1CC(C)NC(CCC(=O)O)C1=O. The van der Waals surface area contributed by atoms with Gasteiger partial charge in [-0.1, -0.05) is 0 Å². The molecule has 2 unspecified atom stereocenters. The fraction of sp³-hybridized carbons (Fsp3) is 0.800. The van der Waals surface area contributed by atoms with Crippen molar-refractivity contribution in [3.8, 4) is 0 Å². The molecule has 1 fully saturated rings. The molecule has 0 bridgehead atoms. The van der Waals surface area contributed by atoms with Crippen molar-refractivity contribution in [1.29, 1.82) is 0 Å². The minimum atomic E-state index is -0.856. The van der Waals surface area contributed by atoms with Crippen LogP contribution in [-0.2, 0) is 9.59 Å². The molecule has 2 atom stereocenters. The van der Waals surface area contributed by atoms with E-state index in [9.17, 15) is 9.59 Å². The molecule has 1 aliphatic heterocycles. The number of aliphatic carboxylic acids is 1. The van der Waals surface area contributed by atoms with Crippen molar-refractivity contribution in [3.63, 3.8) is 0 Å². The van der Waals surface area contributed by atoms with E-state index in [4.69, 9.17) is 5.11 Å². The lowest BCUT2D eigenvalue weighted by atomic mass is 10.0. The predicted octanol–water partition coefficient (Wildman–Crippen LogP) is 0.0600. The van der Waals surface area contributed by atoms with Crippen molar-refractivity contribution in [3.05, 3.63) is 0 Å². The third kappa shape index (κ3) is 3.20. The zero-order valence-electron chi connectivity index (χ0n) is 9.19. The highest BCUT2D eigenvalue weighted by Gasteiger charge is 2.30. The van der Waals surface area contributed by atoms with Gasteiger partial charge in [-0.3, -0.25) is 9.59 Å². The number of nitrogens with zero attached hydrogens (tertiary/aromatic N) is 1. The van der Waals surface area contributed by atoms with Crippen LogP contribution in [0.1, 0.15) is 26.7 Å². The van der Waals surface area contributed by atoms with Gasteiger partial charge in [-0.2, -0.15) is 0 Å². The lowest BCUT2D eigenvalue weighted by Crippen LogP contribution is -2.58. The highest BCUT2D eigenvalue weighted by atomic mass is 16.4. The van der Waals surface area contributed by atoms with Crippen LogP contribution in [-0.4, -0.2) is 47.1 Å². The molecular weight excluding hydrogens is 196 g/mol. The van der Waals surface area contributed by atoms with E-state index in [1.54, 1.807) is 4.90 Å². The highest BCUT2D eigenvalue weighted by Crippen LogP contribution is 2.10. The molecule has 0 aliphatic carbocycles. The summed E-state index contributed by atoms with van der Waals surface area (Å²) in [5.41, 5.74) is 0. The molecule has 1 saturated heterocycles. The Hall–Kier alpha value is -1.10. The van der Waals surface area contributed by atoms with Crippen LogP contribution >= 0.6 is 0 Å². The maximum Gasteiger partial charge on any atom is 0.303 e. The van der Waals surface area contributed by atoms with Crippen molar-refractivity contribution in [2.75, 3.05) is 13.1 Å². The van der Waals surface area contributed by atoms with Gasteiger partial charge in [0.1, 0.15) is 0 Å². The molecule has 1 heterocycles. The molecule has 86 valence electrons. The maximum atomic E-state index is 11.8. The Bertz CT molecular complexity index is 255. The summed E-state index contributed by atoms with van der Waals surface area (Å²) in [7, 11) is 0. The van der Waals surface area contributed by atoms with E-state index >= 15 is 0 Å². The summed E-state index contributed by atoms with van der Waals surface area (Å²) in [4.78, 5) is 24.0. The smallest absolute Gasteiger partial charge is 0.303 e. The summed E-state index contributed by atoms with van der Waals surface area (Å²) in [6.45, 7) is 5.33. The van der Waals surface area contributed by atoms with E-state index < -0.39 is 5.97 Å². The maximum absolute atomic E-state index is 11.8. The quantitative estimate of drug-likeness (QED) is 0.694. The number of carboxylic acids is 1. The summed E-state index contributed by atoms with van der Waals surface area (Å²) >= 11 is 0. The number of amides is 1. The first-order valence-electron chi connectivity index (χ1n) is 5.31. The average Bonchev–Trinajstić information content (AvgIpc) is 2.18. The first kappa shape index (κ1) is 12.0. The van der Waals surface area contributed by atoms with E-state index in [0.717, 1.165) is 0 Å². The van der Waals surface area contributed by atoms with Crippen LogP contribution < -0.4 is 5.32 Å².